The van der Waals surface area contributed by atoms with Crippen LogP contribution in [-0.2, 0) is 4.79 Å². The number of likely N-dealkylation sites (N-methyl/N-ethyl adjacent to an activating group) is 1. The van der Waals surface area contributed by atoms with Crippen LogP contribution in [0.5, 0.6) is 0 Å². The summed E-state index contributed by atoms with van der Waals surface area (Å²) in [5.41, 5.74) is 5.80. The Bertz CT molecular complexity index is 444. The summed E-state index contributed by atoms with van der Waals surface area (Å²) in [6, 6.07) is 5.02. The van der Waals surface area contributed by atoms with E-state index in [1.165, 1.54) is 4.90 Å². The first-order chi connectivity index (χ1) is 7.44. The van der Waals surface area contributed by atoms with Crippen LogP contribution in [-0.4, -0.2) is 18.5 Å². The molecule has 0 aliphatic heterocycles. The van der Waals surface area contributed by atoms with E-state index in [4.69, 9.17) is 28.9 Å². The van der Waals surface area contributed by atoms with Crippen LogP contribution < -0.4 is 10.6 Å². The molecule has 0 radical (unpaired) electrons. The van der Waals surface area contributed by atoms with Gasteiger partial charge in [-0.1, -0.05) is 23.2 Å². The van der Waals surface area contributed by atoms with Gasteiger partial charge in [0.05, 0.1) is 16.2 Å². The Labute approximate surface area is 104 Å². The van der Waals surface area contributed by atoms with Crippen molar-refractivity contribution in [1.29, 1.82) is 0 Å². The molecule has 1 aliphatic rings. The average Bonchev–Trinajstić information content (AvgIpc) is 2.96. The third-order valence-corrected chi connectivity index (χ3v) is 3.33. The van der Waals surface area contributed by atoms with E-state index in [-0.39, 0.29) is 5.91 Å². The topological polar surface area (TPSA) is 46.3 Å². The number of carbonyl (C=O) groups excluding carboxylic acids is 1. The van der Waals surface area contributed by atoms with E-state index < -0.39 is 5.54 Å². The summed E-state index contributed by atoms with van der Waals surface area (Å²) in [5, 5.41) is 0.996. The van der Waals surface area contributed by atoms with E-state index in [9.17, 15) is 4.79 Å². The number of benzene rings is 1. The second-order valence-corrected chi connectivity index (χ2v) is 4.96. The SMILES string of the molecule is CN(C(=O)C1(N)CC1)c1ccc(Cl)cc1Cl. The van der Waals surface area contributed by atoms with Gasteiger partial charge in [0.2, 0.25) is 5.91 Å². The Kier molecular flexibility index (Phi) is 2.86. The Morgan fingerprint density at radius 3 is 2.56 bits per heavy atom. The van der Waals surface area contributed by atoms with Crippen LogP contribution in [0.25, 0.3) is 0 Å². The molecule has 0 spiro atoms. The molecule has 0 unspecified atom stereocenters. The molecule has 1 fully saturated rings. The quantitative estimate of drug-likeness (QED) is 0.886. The lowest BCUT2D eigenvalue weighted by Crippen LogP contribution is -2.44. The third kappa shape index (κ3) is 2.03. The largest absolute Gasteiger partial charge is 0.317 e. The maximum atomic E-state index is 12.0. The molecule has 0 saturated heterocycles. The van der Waals surface area contributed by atoms with E-state index in [2.05, 4.69) is 0 Å². The summed E-state index contributed by atoms with van der Waals surface area (Å²) in [7, 11) is 1.67. The van der Waals surface area contributed by atoms with Gasteiger partial charge in [-0.15, -0.1) is 0 Å². The van der Waals surface area contributed by atoms with Gasteiger partial charge in [-0.25, -0.2) is 0 Å². The molecule has 0 bridgehead atoms. The number of anilines is 1. The van der Waals surface area contributed by atoms with Crippen molar-refractivity contribution >= 4 is 34.8 Å². The molecule has 86 valence electrons. The van der Waals surface area contributed by atoms with Gasteiger partial charge in [0.15, 0.2) is 0 Å². The van der Waals surface area contributed by atoms with E-state index in [0.717, 1.165) is 12.8 Å². The average molecular weight is 259 g/mol. The van der Waals surface area contributed by atoms with Gasteiger partial charge >= 0.3 is 0 Å². The number of nitrogens with zero attached hydrogens (tertiary/aromatic N) is 1. The highest BCUT2D eigenvalue weighted by atomic mass is 35.5. The number of hydrogen-bond acceptors (Lipinski definition) is 2. The summed E-state index contributed by atoms with van der Waals surface area (Å²) in [5.74, 6) is -0.100. The summed E-state index contributed by atoms with van der Waals surface area (Å²) in [6.07, 6.45) is 1.47. The molecule has 2 N–H and O–H groups in total. The van der Waals surface area contributed by atoms with Gasteiger partial charge in [0, 0.05) is 12.1 Å². The first kappa shape index (κ1) is 11.7. The molecule has 16 heavy (non-hydrogen) atoms. The number of amides is 1. The number of rotatable bonds is 2. The standard InChI is InChI=1S/C11H12Cl2N2O/c1-15(10(16)11(14)4-5-11)9-3-2-7(12)6-8(9)13/h2-3,6H,4-5,14H2,1H3. The van der Waals surface area contributed by atoms with Crippen LogP contribution in [0, 0.1) is 0 Å². The summed E-state index contributed by atoms with van der Waals surface area (Å²) < 4.78 is 0. The summed E-state index contributed by atoms with van der Waals surface area (Å²) in [6.45, 7) is 0. The van der Waals surface area contributed by atoms with Crippen molar-refractivity contribution in [2.24, 2.45) is 5.73 Å². The van der Waals surface area contributed by atoms with E-state index in [1.54, 1.807) is 25.2 Å². The highest BCUT2D eigenvalue weighted by Gasteiger charge is 2.47. The first-order valence-electron chi connectivity index (χ1n) is 4.96. The predicted molar refractivity (Wildman–Crippen MR) is 66.0 cm³/mol. The van der Waals surface area contributed by atoms with Crippen molar-refractivity contribution in [2.45, 2.75) is 18.4 Å². The normalized spacial score (nSPS) is 17.0. The van der Waals surface area contributed by atoms with Crippen LogP contribution in [0.3, 0.4) is 0 Å². The minimum absolute atomic E-state index is 0.100. The van der Waals surface area contributed by atoms with Crippen LogP contribution in [0.15, 0.2) is 18.2 Å². The first-order valence-corrected chi connectivity index (χ1v) is 5.72. The molecule has 0 atom stereocenters. The maximum absolute atomic E-state index is 12.0. The van der Waals surface area contributed by atoms with Crippen LogP contribution in [0.2, 0.25) is 10.0 Å². The zero-order valence-electron chi connectivity index (χ0n) is 8.84. The lowest BCUT2D eigenvalue weighted by Gasteiger charge is -2.22. The Balaban J connectivity index is 2.27. The molecule has 5 heteroatoms. The van der Waals surface area contributed by atoms with Gasteiger partial charge in [0.1, 0.15) is 0 Å². The molecule has 0 aromatic heterocycles. The fourth-order valence-corrected chi connectivity index (χ4v) is 2.08. The number of halogens is 2. The summed E-state index contributed by atoms with van der Waals surface area (Å²) in [4.78, 5) is 13.5. The molecular formula is C11H12Cl2N2O. The Morgan fingerprint density at radius 1 is 1.44 bits per heavy atom. The molecule has 3 nitrogen and oxygen atoms in total. The van der Waals surface area contributed by atoms with Crippen LogP contribution in [0.1, 0.15) is 12.8 Å². The number of nitrogens with two attached hydrogens (primary N) is 1. The second kappa shape index (κ2) is 3.91. The Morgan fingerprint density at radius 2 is 2.06 bits per heavy atom. The van der Waals surface area contributed by atoms with Crippen molar-refractivity contribution in [3.63, 3.8) is 0 Å². The van der Waals surface area contributed by atoms with Gasteiger partial charge in [-0.3, -0.25) is 4.79 Å². The molecule has 1 saturated carbocycles. The maximum Gasteiger partial charge on any atom is 0.246 e. The van der Waals surface area contributed by atoms with E-state index in [1.807, 2.05) is 0 Å². The molecule has 1 amide bonds. The minimum atomic E-state index is -0.683. The van der Waals surface area contributed by atoms with Crippen molar-refractivity contribution in [3.8, 4) is 0 Å². The fourth-order valence-electron chi connectivity index (χ4n) is 1.55. The fraction of sp³-hybridized carbons (Fsp3) is 0.364. The number of carbonyl (C=O) groups is 1. The van der Waals surface area contributed by atoms with Crippen molar-refractivity contribution in [3.05, 3.63) is 28.2 Å². The monoisotopic (exact) mass is 258 g/mol. The van der Waals surface area contributed by atoms with Crippen LogP contribution >= 0.6 is 23.2 Å². The predicted octanol–water partition coefficient (Wildman–Crippen LogP) is 2.45. The van der Waals surface area contributed by atoms with Gasteiger partial charge in [0.25, 0.3) is 0 Å². The lowest BCUT2D eigenvalue weighted by molar-refractivity contribution is -0.120. The number of hydrogen-bond donors (Lipinski definition) is 1. The van der Waals surface area contributed by atoms with Gasteiger partial charge < -0.3 is 10.6 Å². The van der Waals surface area contributed by atoms with Crippen molar-refractivity contribution < 1.29 is 4.79 Å². The summed E-state index contributed by atoms with van der Waals surface area (Å²) >= 11 is 11.8. The van der Waals surface area contributed by atoms with E-state index in [0.29, 0.717) is 15.7 Å². The zero-order valence-corrected chi connectivity index (χ0v) is 10.3. The Hall–Kier alpha value is -0.770. The molecular weight excluding hydrogens is 247 g/mol. The van der Waals surface area contributed by atoms with Crippen LogP contribution in [0.4, 0.5) is 5.69 Å². The molecule has 0 heterocycles. The van der Waals surface area contributed by atoms with Crippen molar-refractivity contribution in [2.75, 3.05) is 11.9 Å². The van der Waals surface area contributed by atoms with Gasteiger partial charge in [-0.05, 0) is 31.0 Å². The third-order valence-electron chi connectivity index (χ3n) is 2.79. The highest BCUT2D eigenvalue weighted by Crippen LogP contribution is 2.37. The van der Waals surface area contributed by atoms with E-state index >= 15 is 0 Å². The lowest BCUT2D eigenvalue weighted by atomic mass is 10.2. The second-order valence-electron chi connectivity index (χ2n) is 4.12. The minimum Gasteiger partial charge on any atom is -0.317 e. The molecule has 2 rings (SSSR count). The zero-order chi connectivity index (χ0) is 11.9. The molecule has 1 aromatic carbocycles. The molecule has 1 aromatic rings. The highest BCUT2D eigenvalue weighted by molar-refractivity contribution is 6.36. The van der Waals surface area contributed by atoms with Crippen molar-refractivity contribution in [1.82, 2.24) is 0 Å². The molecule has 1 aliphatic carbocycles. The van der Waals surface area contributed by atoms with Gasteiger partial charge in [-0.2, -0.15) is 0 Å². The smallest absolute Gasteiger partial charge is 0.246 e.